The Morgan fingerprint density at radius 2 is 1.89 bits per heavy atom. The Hall–Kier alpha value is -2.29. The SMILES string of the molecule is CCOc1ccc(C2=Nc3ccccc3OC2)cc1. The molecule has 1 aliphatic heterocycles. The van der Waals surface area contributed by atoms with Crippen molar-refractivity contribution < 1.29 is 9.47 Å². The van der Waals surface area contributed by atoms with Gasteiger partial charge in [0.1, 0.15) is 23.8 Å². The van der Waals surface area contributed by atoms with Crippen LogP contribution >= 0.6 is 0 Å². The molecular formula is C16H15NO2. The first-order valence-electron chi connectivity index (χ1n) is 6.39. The minimum absolute atomic E-state index is 0.505. The summed E-state index contributed by atoms with van der Waals surface area (Å²) in [6.45, 7) is 3.16. The van der Waals surface area contributed by atoms with E-state index in [1.54, 1.807) is 0 Å². The highest BCUT2D eigenvalue weighted by Crippen LogP contribution is 2.31. The molecule has 0 aromatic heterocycles. The molecule has 0 bridgehead atoms. The van der Waals surface area contributed by atoms with Gasteiger partial charge in [0.05, 0.1) is 12.3 Å². The second-order valence-electron chi connectivity index (χ2n) is 4.27. The standard InChI is InChI=1S/C16H15NO2/c1-2-18-13-9-7-12(8-10-13)15-11-19-16-6-4-3-5-14(16)17-15/h3-10H,2,11H2,1H3. The Balaban J connectivity index is 1.89. The summed E-state index contributed by atoms with van der Waals surface area (Å²) in [6.07, 6.45) is 0. The van der Waals surface area contributed by atoms with Crippen LogP contribution in [0.3, 0.4) is 0 Å². The van der Waals surface area contributed by atoms with Crippen LogP contribution in [0.4, 0.5) is 5.69 Å². The van der Waals surface area contributed by atoms with Crippen LogP contribution in [0.15, 0.2) is 53.5 Å². The Labute approximate surface area is 112 Å². The molecule has 2 aromatic carbocycles. The van der Waals surface area contributed by atoms with Gasteiger partial charge in [-0.15, -0.1) is 0 Å². The highest BCUT2D eigenvalue weighted by Gasteiger charge is 2.13. The van der Waals surface area contributed by atoms with E-state index >= 15 is 0 Å². The zero-order chi connectivity index (χ0) is 13.1. The van der Waals surface area contributed by atoms with E-state index in [0.717, 1.165) is 28.5 Å². The molecule has 0 saturated heterocycles. The van der Waals surface area contributed by atoms with Crippen LogP contribution in [0.2, 0.25) is 0 Å². The first kappa shape index (κ1) is 11.8. The number of hydrogen-bond donors (Lipinski definition) is 0. The van der Waals surface area contributed by atoms with Crippen LogP contribution in [0.25, 0.3) is 0 Å². The van der Waals surface area contributed by atoms with Crippen LogP contribution in [-0.2, 0) is 0 Å². The van der Waals surface area contributed by atoms with Gasteiger partial charge < -0.3 is 9.47 Å². The van der Waals surface area contributed by atoms with Gasteiger partial charge in [0.25, 0.3) is 0 Å². The zero-order valence-electron chi connectivity index (χ0n) is 10.8. The lowest BCUT2D eigenvalue weighted by Crippen LogP contribution is -2.16. The van der Waals surface area contributed by atoms with Gasteiger partial charge in [0, 0.05) is 0 Å². The van der Waals surface area contributed by atoms with Crippen LogP contribution in [-0.4, -0.2) is 18.9 Å². The molecule has 0 N–H and O–H groups in total. The van der Waals surface area contributed by atoms with Gasteiger partial charge in [-0.1, -0.05) is 12.1 Å². The van der Waals surface area contributed by atoms with Gasteiger partial charge in [0.15, 0.2) is 0 Å². The van der Waals surface area contributed by atoms with Gasteiger partial charge in [-0.3, -0.25) is 0 Å². The predicted molar refractivity (Wildman–Crippen MR) is 75.7 cm³/mol. The number of para-hydroxylation sites is 2. The molecule has 0 radical (unpaired) electrons. The van der Waals surface area contributed by atoms with E-state index < -0.39 is 0 Å². The maximum absolute atomic E-state index is 5.71. The molecule has 0 amide bonds. The van der Waals surface area contributed by atoms with E-state index in [1.165, 1.54) is 0 Å². The molecule has 1 heterocycles. The highest BCUT2D eigenvalue weighted by molar-refractivity contribution is 6.04. The lowest BCUT2D eigenvalue weighted by atomic mass is 10.1. The topological polar surface area (TPSA) is 30.8 Å². The second-order valence-corrected chi connectivity index (χ2v) is 4.27. The average molecular weight is 253 g/mol. The van der Waals surface area contributed by atoms with E-state index in [9.17, 15) is 0 Å². The summed E-state index contributed by atoms with van der Waals surface area (Å²) in [4.78, 5) is 4.64. The zero-order valence-corrected chi connectivity index (χ0v) is 10.8. The number of ether oxygens (including phenoxy) is 2. The van der Waals surface area contributed by atoms with Crippen molar-refractivity contribution in [2.75, 3.05) is 13.2 Å². The molecule has 3 heteroatoms. The first-order valence-corrected chi connectivity index (χ1v) is 6.39. The third kappa shape index (κ3) is 2.45. The molecule has 1 aliphatic rings. The third-order valence-electron chi connectivity index (χ3n) is 2.98. The molecular weight excluding hydrogens is 238 g/mol. The quantitative estimate of drug-likeness (QED) is 0.836. The lowest BCUT2D eigenvalue weighted by molar-refractivity contribution is 0.340. The fourth-order valence-electron chi connectivity index (χ4n) is 2.05. The number of fused-ring (bicyclic) bond motifs is 1. The van der Waals surface area contributed by atoms with Crippen molar-refractivity contribution in [3.8, 4) is 11.5 Å². The summed E-state index contributed by atoms with van der Waals surface area (Å²) < 4.78 is 11.1. The lowest BCUT2D eigenvalue weighted by Gasteiger charge is -2.17. The molecule has 0 unspecified atom stereocenters. The Morgan fingerprint density at radius 3 is 2.68 bits per heavy atom. The molecule has 3 rings (SSSR count). The minimum atomic E-state index is 0.505. The largest absolute Gasteiger partial charge is 0.494 e. The first-order chi connectivity index (χ1) is 9.36. The summed E-state index contributed by atoms with van der Waals surface area (Å²) in [6, 6.07) is 15.8. The summed E-state index contributed by atoms with van der Waals surface area (Å²) >= 11 is 0. The molecule has 2 aromatic rings. The van der Waals surface area contributed by atoms with Crippen molar-refractivity contribution in [2.24, 2.45) is 4.99 Å². The van der Waals surface area contributed by atoms with Gasteiger partial charge in [-0.25, -0.2) is 4.99 Å². The van der Waals surface area contributed by atoms with Crippen LogP contribution in [0.5, 0.6) is 11.5 Å². The maximum Gasteiger partial charge on any atom is 0.145 e. The van der Waals surface area contributed by atoms with Crippen molar-refractivity contribution in [2.45, 2.75) is 6.92 Å². The fourth-order valence-corrected chi connectivity index (χ4v) is 2.05. The molecule has 3 nitrogen and oxygen atoms in total. The van der Waals surface area contributed by atoms with E-state index in [1.807, 2.05) is 55.5 Å². The normalized spacial score (nSPS) is 13.2. The van der Waals surface area contributed by atoms with E-state index in [-0.39, 0.29) is 0 Å². The minimum Gasteiger partial charge on any atom is -0.494 e. The van der Waals surface area contributed by atoms with Gasteiger partial charge >= 0.3 is 0 Å². The van der Waals surface area contributed by atoms with E-state index in [2.05, 4.69) is 4.99 Å². The smallest absolute Gasteiger partial charge is 0.145 e. The van der Waals surface area contributed by atoms with Crippen LogP contribution in [0, 0.1) is 0 Å². The van der Waals surface area contributed by atoms with Crippen LogP contribution < -0.4 is 9.47 Å². The van der Waals surface area contributed by atoms with Crippen molar-refractivity contribution in [1.29, 1.82) is 0 Å². The molecule has 96 valence electrons. The average Bonchev–Trinajstić information content (AvgIpc) is 2.48. The molecule has 0 saturated carbocycles. The summed E-state index contributed by atoms with van der Waals surface area (Å²) in [5, 5.41) is 0. The van der Waals surface area contributed by atoms with Crippen molar-refractivity contribution >= 4 is 11.4 Å². The molecule has 19 heavy (non-hydrogen) atoms. The van der Waals surface area contributed by atoms with E-state index in [4.69, 9.17) is 9.47 Å². The monoisotopic (exact) mass is 253 g/mol. The Kier molecular flexibility index (Phi) is 3.19. The molecule has 0 aliphatic carbocycles. The van der Waals surface area contributed by atoms with E-state index in [0.29, 0.717) is 13.2 Å². The summed E-state index contributed by atoms with van der Waals surface area (Å²) in [7, 11) is 0. The predicted octanol–water partition coefficient (Wildman–Crippen LogP) is 3.60. The highest BCUT2D eigenvalue weighted by atomic mass is 16.5. The molecule has 0 spiro atoms. The Bertz CT molecular complexity index is 602. The number of nitrogens with zero attached hydrogens (tertiary/aromatic N) is 1. The maximum atomic E-state index is 5.71. The number of aliphatic imine (C=N–C) groups is 1. The number of rotatable bonds is 3. The number of hydrogen-bond acceptors (Lipinski definition) is 3. The van der Waals surface area contributed by atoms with Gasteiger partial charge in [-0.05, 0) is 48.9 Å². The summed E-state index contributed by atoms with van der Waals surface area (Å²) in [5.41, 5.74) is 2.90. The molecule has 0 fully saturated rings. The summed E-state index contributed by atoms with van der Waals surface area (Å²) in [5.74, 6) is 1.72. The number of benzene rings is 2. The van der Waals surface area contributed by atoms with Crippen molar-refractivity contribution in [3.05, 3.63) is 54.1 Å². The van der Waals surface area contributed by atoms with Gasteiger partial charge in [0.2, 0.25) is 0 Å². The second kappa shape index (κ2) is 5.14. The van der Waals surface area contributed by atoms with Crippen molar-refractivity contribution in [1.82, 2.24) is 0 Å². The van der Waals surface area contributed by atoms with Gasteiger partial charge in [-0.2, -0.15) is 0 Å². The third-order valence-corrected chi connectivity index (χ3v) is 2.98. The Morgan fingerprint density at radius 1 is 1.11 bits per heavy atom. The van der Waals surface area contributed by atoms with Crippen LogP contribution in [0.1, 0.15) is 12.5 Å². The van der Waals surface area contributed by atoms with Crippen molar-refractivity contribution in [3.63, 3.8) is 0 Å². The molecule has 0 atom stereocenters. The fraction of sp³-hybridized carbons (Fsp3) is 0.188.